The fourth-order valence-electron chi connectivity index (χ4n) is 3.09. The normalized spacial score (nSPS) is 12.8. The first-order chi connectivity index (χ1) is 15.3. The number of nitrogens with zero attached hydrogens (tertiary/aromatic N) is 3. The number of rotatable bonds is 5. The van der Waals surface area contributed by atoms with Crippen LogP contribution in [-0.2, 0) is 10.0 Å². The van der Waals surface area contributed by atoms with Crippen LogP contribution in [0.2, 0.25) is 0 Å². The molecule has 0 saturated carbocycles. The molecule has 4 aromatic rings. The highest BCUT2D eigenvalue weighted by Crippen LogP contribution is 2.38. The molecule has 0 saturated heterocycles. The molecule has 0 bridgehead atoms. The van der Waals surface area contributed by atoms with E-state index in [9.17, 15) is 17.2 Å². The van der Waals surface area contributed by atoms with Gasteiger partial charge in [0.05, 0.1) is 5.69 Å². The molecule has 5 rings (SSSR count). The third-order valence-corrected chi connectivity index (χ3v) is 7.64. The van der Waals surface area contributed by atoms with Crippen LogP contribution in [0.3, 0.4) is 0 Å². The maximum Gasteiger partial charge on any atom is 0.269 e. The number of anilines is 1. The van der Waals surface area contributed by atoms with Gasteiger partial charge in [-0.25, -0.2) is 17.2 Å². The lowest BCUT2D eigenvalue weighted by Gasteiger charge is -2.19. The van der Waals surface area contributed by atoms with Crippen molar-refractivity contribution in [2.45, 2.75) is 4.90 Å². The lowest BCUT2D eigenvalue weighted by atomic mass is 10.2. The van der Waals surface area contributed by atoms with Crippen molar-refractivity contribution < 1.29 is 31.2 Å². The van der Waals surface area contributed by atoms with Crippen LogP contribution in [0.4, 0.5) is 14.5 Å². The van der Waals surface area contributed by atoms with E-state index >= 15 is 0 Å². The number of hydrogen-bond donors (Lipinski definition) is 0. The van der Waals surface area contributed by atoms with E-state index in [0.29, 0.717) is 17.1 Å². The molecule has 0 aliphatic carbocycles. The summed E-state index contributed by atoms with van der Waals surface area (Å²) in [4.78, 5) is 4.44. The smallest absolute Gasteiger partial charge is 0.269 e. The van der Waals surface area contributed by atoms with Gasteiger partial charge in [-0.2, -0.15) is 4.98 Å². The molecule has 0 radical (unpaired) electrons. The Hall–Kier alpha value is -3.51. The SMILES string of the molecule is CN(c1ccc(F)c(F)c1)S(=O)(=O)c1ccsc1-c1nc(-c2ccc3c(c2)OCO3)no1. The van der Waals surface area contributed by atoms with E-state index in [0.717, 1.165) is 27.8 Å². The van der Waals surface area contributed by atoms with Crippen molar-refractivity contribution in [2.75, 3.05) is 18.1 Å². The van der Waals surface area contributed by atoms with Crippen molar-refractivity contribution in [1.29, 1.82) is 0 Å². The molecule has 0 atom stereocenters. The summed E-state index contributed by atoms with van der Waals surface area (Å²) in [5.41, 5.74) is 0.566. The molecule has 0 fully saturated rings. The Labute approximate surface area is 184 Å². The minimum absolute atomic E-state index is 0.00456. The van der Waals surface area contributed by atoms with E-state index in [2.05, 4.69) is 10.1 Å². The Kier molecular flexibility index (Phi) is 4.82. The van der Waals surface area contributed by atoms with Gasteiger partial charge in [0.1, 0.15) is 9.77 Å². The second kappa shape index (κ2) is 7.57. The second-order valence-corrected chi connectivity index (χ2v) is 9.53. The van der Waals surface area contributed by atoms with Gasteiger partial charge in [0.25, 0.3) is 15.9 Å². The lowest BCUT2D eigenvalue weighted by Crippen LogP contribution is -2.26. The summed E-state index contributed by atoms with van der Waals surface area (Å²) in [6.45, 7) is 0.123. The molecule has 2 aromatic heterocycles. The summed E-state index contributed by atoms with van der Waals surface area (Å²) in [6, 6.07) is 9.36. The van der Waals surface area contributed by atoms with Gasteiger partial charge in [-0.05, 0) is 41.8 Å². The third kappa shape index (κ3) is 3.37. The van der Waals surface area contributed by atoms with Crippen LogP contribution >= 0.6 is 11.3 Å². The van der Waals surface area contributed by atoms with Crippen molar-refractivity contribution in [1.82, 2.24) is 10.1 Å². The first-order valence-corrected chi connectivity index (χ1v) is 11.4. The maximum absolute atomic E-state index is 13.6. The van der Waals surface area contributed by atoms with Crippen LogP contribution in [0.5, 0.6) is 11.5 Å². The van der Waals surface area contributed by atoms with Gasteiger partial charge in [0.15, 0.2) is 23.1 Å². The van der Waals surface area contributed by atoms with Gasteiger partial charge in [-0.3, -0.25) is 4.31 Å². The Bertz CT molecular complexity index is 1430. The standard InChI is InChI=1S/C20H13F2N3O5S2/c1-25(12-3-4-13(21)14(22)9-12)32(26,27)17-6-7-31-18(17)20-23-19(24-30-20)11-2-5-15-16(8-11)29-10-28-15/h2-9H,10H2,1H3. The zero-order chi connectivity index (χ0) is 22.5. The van der Waals surface area contributed by atoms with E-state index in [1.807, 2.05) is 0 Å². The Morgan fingerprint density at radius 2 is 1.84 bits per heavy atom. The zero-order valence-electron chi connectivity index (χ0n) is 16.3. The van der Waals surface area contributed by atoms with Gasteiger partial charge >= 0.3 is 0 Å². The molecule has 3 heterocycles. The molecular weight excluding hydrogens is 464 g/mol. The van der Waals surface area contributed by atoms with E-state index in [4.69, 9.17) is 14.0 Å². The van der Waals surface area contributed by atoms with E-state index in [1.54, 1.807) is 23.6 Å². The average Bonchev–Trinajstić information content (AvgIpc) is 3.53. The first-order valence-electron chi connectivity index (χ1n) is 9.10. The van der Waals surface area contributed by atoms with Gasteiger partial charge in [0.2, 0.25) is 12.6 Å². The molecule has 0 spiro atoms. The lowest BCUT2D eigenvalue weighted by molar-refractivity contribution is 0.174. The molecule has 1 aliphatic rings. The average molecular weight is 477 g/mol. The van der Waals surface area contributed by atoms with Gasteiger partial charge in [-0.15, -0.1) is 11.3 Å². The number of hydrogen-bond acceptors (Lipinski definition) is 8. The number of fused-ring (bicyclic) bond motifs is 1. The van der Waals surface area contributed by atoms with Crippen LogP contribution in [0.1, 0.15) is 0 Å². The number of halogens is 2. The number of aromatic nitrogens is 2. The predicted octanol–water partition coefficient (Wildman–Crippen LogP) is 4.30. The molecule has 12 heteroatoms. The summed E-state index contributed by atoms with van der Waals surface area (Å²) in [5, 5.41) is 5.50. The maximum atomic E-state index is 13.6. The van der Waals surface area contributed by atoms with Crippen molar-refractivity contribution in [3.05, 3.63) is 59.5 Å². The minimum atomic E-state index is -4.13. The van der Waals surface area contributed by atoms with Gasteiger partial charge in [-0.1, -0.05) is 5.16 Å². The van der Waals surface area contributed by atoms with Crippen LogP contribution in [0.15, 0.2) is 57.3 Å². The Morgan fingerprint density at radius 1 is 1.03 bits per heavy atom. The number of sulfonamides is 1. The summed E-state index contributed by atoms with van der Waals surface area (Å²) >= 11 is 1.10. The predicted molar refractivity (Wildman–Crippen MR) is 111 cm³/mol. The van der Waals surface area contributed by atoms with Crippen LogP contribution < -0.4 is 13.8 Å². The number of ether oxygens (including phenoxy) is 2. The van der Waals surface area contributed by atoms with Gasteiger partial charge < -0.3 is 14.0 Å². The minimum Gasteiger partial charge on any atom is -0.454 e. The Balaban J connectivity index is 1.49. The van der Waals surface area contributed by atoms with Crippen molar-refractivity contribution in [2.24, 2.45) is 0 Å². The molecule has 1 aliphatic heterocycles. The quantitative estimate of drug-likeness (QED) is 0.423. The van der Waals surface area contributed by atoms with Crippen LogP contribution in [0, 0.1) is 11.6 Å². The topological polar surface area (TPSA) is 94.8 Å². The van der Waals surface area contributed by atoms with E-state index in [1.165, 1.54) is 19.2 Å². The summed E-state index contributed by atoms with van der Waals surface area (Å²) in [7, 11) is -2.88. The molecule has 8 nitrogen and oxygen atoms in total. The highest BCUT2D eigenvalue weighted by Gasteiger charge is 2.29. The van der Waals surface area contributed by atoms with Crippen LogP contribution in [0.25, 0.3) is 22.2 Å². The summed E-state index contributed by atoms with van der Waals surface area (Å²) in [6.07, 6.45) is 0. The molecule has 0 amide bonds. The third-order valence-electron chi connectivity index (χ3n) is 4.79. The Morgan fingerprint density at radius 3 is 2.66 bits per heavy atom. The first kappa shape index (κ1) is 20.4. The number of benzene rings is 2. The van der Waals surface area contributed by atoms with Gasteiger partial charge in [0, 0.05) is 18.7 Å². The summed E-state index contributed by atoms with van der Waals surface area (Å²) in [5.74, 6) is -0.835. The molecular formula is C20H13F2N3O5S2. The highest BCUT2D eigenvalue weighted by atomic mass is 32.2. The summed E-state index contributed by atoms with van der Waals surface area (Å²) < 4.78 is 70.0. The largest absolute Gasteiger partial charge is 0.454 e. The monoisotopic (exact) mass is 477 g/mol. The zero-order valence-corrected chi connectivity index (χ0v) is 17.9. The van der Waals surface area contributed by atoms with Crippen molar-refractivity contribution in [3.63, 3.8) is 0 Å². The number of thiophene rings is 1. The van der Waals surface area contributed by atoms with E-state index in [-0.39, 0.29) is 34.0 Å². The van der Waals surface area contributed by atoms with Crippen LogP contribution in [-0.4, -0.2) is 32.4 Å². The van der Waals surface area contributed by atoms with Crippen molar-refractivity contribution >= 4 is 27.0 Å². The molecule has 2 aromatic carbocycles. The molecule has 164 valence electrons. The van der Waals surface area contributed by atoms with E-state index < -0.39 is 21.7 Å². The fourth-order valence-corrected chi connectivity index (χ4v) is 5.59. The van der Waals surface area contributed by atoms with Crippen molar-refractivity contribution in [3.8, 4) is 33.7 Å². The second-order valence-electron chi connectivity index (χ2n) is 6.68. The highest BCUT2D eigenvalue weighted by molar-refractivity contribution is 7.93. The molecule has 0 unspecified atom stereocenters. The molecule has 32 heavy (non-hydrogen) atoms. The molecule has 0 N–H and O–H groups in total. The fraction of sp³-hybridized carbons (Fsp3) is 0.100.